The van der Waals surface area contributed by atoms with Gasteiger partial charge in [-0.3, -0.25) is 4.79 Å². The predicted octanol–water partition coefficient (Wildman–Crippen LogP) is 4.44. The smallest absolute Gasteiger partial charge is 0.163 e. The number of hydrogen-bond acceptors (Lipinski definition) is 4. The van der Waals surface area contributed by atoms with Gasteiger partial charge in [-0.15, -0.1) is 22.8 Å². The van der Waals surface area contributed by atoms with E-state index in [1.165, 1.54) is 17.9 Å². The van der Waals surface area contributed by atoms with Gasteiger partial charge in [0.05, 0.1) is 4.44 Å². The van der Waals surface area contributed by atoms with Crippen LogP contribution in [0.3, 0.4) is 0 Å². The summed E-state index contributed by atoms with van der Waals surface area (Å²) in [5, 5.41) is 0. The van der Waals surface area contributed by atoms with Gasteiger partial charge in [0.15, 0.2) is 5.78 Å². The van der Waals surface area contributed by atoms with Crippen LogP contribution in [0.25, 0.3) is 0 Å². The van der Waals surface area contributed by atoms with E-state index >= 15 is 0 Å². The van der Waals surface area contributed by atoms with Crippen molar-refractivity contribution in [1.82, 2.24) is 0 Å². The first kappa shape index (κ1) is 13.7. The van der Waals surface area contributed by atoms with E-state index in [-0.39, 0.29) is 5.78 Å². The quantitative estimate of drug-likeness (QED) is 0.604. The van der Waals surface area contributed by atoms with Crippen LogP contribution in [0.1, 0.15) is 23.2 Å². The molecule has 1 aromatic rings. The Hall–Kier alpha value is 0.240. The molecule has 5 heteroatoms. The molecule has 1 fully saturated rings. The number of carbonyl (C=O) groups is 1. The van der Waals surface area contributed by atoms with Gasteiger partial charge in [0, 0.05) is 18.1 Å². The SMILES string of the molecule is O=C(CCP1(=S)SCCCS1)c1ccccc1. The van der Waals surface area contributed by atoms with Crippen molar-refractivity contribution in [3.8, 4) is 0 Å². The van der Waals surface area contributed by atoms with Crippen LogP contribution < -0.4 is 0 Å². The van der Waals surface area contributed by atoms with Crippen LogP contribution in [0.15, 0.2) is 30.3 Å². The third-order valence-corrected chi connectivity index (χ3v) is 14.0. The summed E-state index contributed by atoms with van der Waals surface area (Å²) < 4.78 is -1.34. The van der Waals surface area contributed by atoms with Crippen LogP contribution in [0.2, 0.25) is 0 Å². The van der Waals surface area contributed by atoms with Gasteiger partial charge in [-0.25, -0.2) is 0 Å². The highest BCUT2D eigenvalue weighted by Gasteiger charge is 2.23. The number of carbonyl (C=O) groups excluding carboxylic acids is 1. The lowest BCUT2D eigenvalue weighted by Crippen LogP contribution is -2.02. The Balaban J connectivity index is 1.90. The fraction of sp³-hybridized carbons (Fsp3) is 0.417. The number of hydrogen-bond donors (Lipinski definition) is 0. The van der Waals surface area contributed by atoms with Crippen molar-refractivity contribution in [3.05, 3.63) is 35.9 Å². The number of benzene rings is 1. The lowest BCUT2D eigenvalue weighted by atomic mass is 10.1. The molecular formula is C12H15OPS3. The second-order valence-electron chi connectivity index (χ2n) is 3.89. The predicted molar refractivity (Wildman–Crippen MR) is 84.1 cm³/mol. The monoisotopic (exact) mass is 302 g/mol. The molecule has 1 saturated heterocycles. The fourth-order valence-corrected chi connectivity index (χ4v) is 11.4. The van der Waals surface area contributed by atoms with Gasteiger partial charge in [-0.05, 0) is 17.9 Å². The summed E-state index contributed by atoms with van der Waals surface area (Å²) in [7, 11) is 0. The highest BCUT2D eigenvalue weighted by atomic mass is 33.2. The zero-order chi connectivity index (χ0) is 12.1. The Labute approximate surface area is 116 Å². The maximum absolute atomic E-state index is 12.0. The van der Waals surface area contributed by atoms with E-state index in [0.717, 1.165) is 11.7 Å². The molecule has 0 radical (unpaired) electrons. The van der Waals surface area contributed by atoms with Crippen LogP contribution in [-0.2, 0) is 11.8 Å². The Kier molecular flexibility index (Phi) is 5.16. The van der Waals surface area contributed by atoms with E-state index in [2.05, 4.69) is 0 Å². The Morgan fingerprint density at radius 3 is 2.53 bits per heavy atom. The van der Waals surface area contributed by atoms with Gasteiger partial charge in [-0.2, -0.15) is 0 Å². The lowest BCUT2D eigenvalue weighted by Gasteiger charge is -2.24. The Bertz CT molecular complexity index is 423. The highest BCUT2D eigenvalue weighted by Crippen LogP contribution is 2.71. The Morgan fingerprint density at radius 1 is 1.24 bits per heavy atom. The molecule has 0 saturated carbocycles. The van der Waals surface area contributed by atoms with Gasteiger partial charge in [0.2, 0.25) is 0 Å². The van der Waals surface area contributed by atoms with Crippen LogP contribution >= 0.6 is 27.2 Å². The van der Waals surface area contributed by atoms with Crippen molar-refractivity contribution in [2.75, 3.05) is 17.7 Å². The molecule has 0 aliphatic carbocycles. The lowest BCUT2D eigenvalue weighted by molar-refractivity contribution is 0.0989. The maximum atomic E-state index is 12.0. The summed E-state index contributed by atoms with van der Waals surface area (Å²) in [4.78, 5) is 12.0. The molecule has 0 aromatic heterocycles. The summed E-state index contributed by atoms with van der Waals surface area (Å²) in [5.41, 5.74) is 0.820. The van der Waals surface area contributed by atoms with Gasteiger partial charge in [0.1, 0.15) is 0 Å². The molecule has 0 amide bonds. The summed E-state index contributed by atoms with van der Waals surface area (Å²) in [5.74, 6) is 2.61. The van der Waals surface area contributed by atoms with Crippen LogP contribution in [-0.4, -0.2) is 23.5 Å². The third kappa shape index (κ3) is 4.13. The normalized spacial score (nSPS) is 18.8. The van der Waals surface area contributed by atoms with Gasteiger partial charge in [-0.1, -0.05) is 42.1 Å². The molecule has 2 rings (SSSR count). The van der Waals surface area contributed by atoms with E-state index in [9.17, 15) is 4.79 Å². The van der Waals surface area contributed by atoms with E-state index in [1.807, 2.05) is 53.1 Å². The van der Waals surface area contributed by atoms with Crippen molar-refractivity contribution in [1.29, 1.82) is 0 Å². The van der Waals surface area contributed by atoms with E-state index in [4.69, 9.17) is 11.8 Å². The molecule has 1 nitrogen and oxygen atoms in total. The average molecular weight is 302 g/mol. The molecule has 0 unspecified atom stereocenters. The van der Waals surface area contributed by atoms with Crippen molar-refractivity contribution in [3.63, 3.8) is 0 Å². The van der Waals surface area contributed by atoms with Crippen LogP contribution in [0.4, 0.5) is 0 Å². The first-order valence-electron chi connectivity index (χ1n) is 5.66. The molecule has 1 aliphatic heterocycles. The topological polar surface area (TPSA) is 17.1 Å². The van der Waals surface area contributed by atoms with Crippen molar-refractivity contribution < 1.29 is 4.79 Å². The second kappa shape index (κ2) is 6.42. The zero-order valence-electron chi connectivity index (χ0n) is 9.50. The van der Waals surface area contributed by atoms with E-state index in [1.54, 1.807) is 0 Å². The minimum atomic E-state index is -1.34. The van der Waals surface area contributed by atoms with Crippen LogP contribution in [0.5, 0.6) is 0 Å². The zero-order valence-corrected chi connectivity index (χ0v) is 12.8. The maximum Gasteiger partial charge on any atom is 0.163 e. The highest BCUT2D eigenvalue weighted by molar-refractivity contribution is 9.00. The number of ketones is 1. The molecule has 17 heavy (non-hydrogen) atoms. The molecule has 1 aliphatic rings. The van der Waals surface area contributed by atoms with Gasteiger partial charge >= 0.3 is 0 Å². The first-order valence-corrected chi connectivity index (χ1v) is 11.8. The Morgan fingerprint density at radius 2 is 1.88 bits per heavy atom. The summed E-state index contributed by atoms with van der Waals surface area (Å²) in [6.07, 6.45) is 2.78. The number of Topliss-reactive ketones (excluding diaryl/α,β-unsaturated/α-hetero) is 1. The molecule has 0 spiro atoms. The summed E-state index contributed by atoms with van der Waals surface area (Å²) >= 11 is 9.59. The average Bonchev–Trinajstić information content (AvgIpc) is 2.38. The molecule has 1 heterocycles. The third-order valence-electron chi connectivity index (χ3n) is 2.57. The van der Waals surface area contributed by atoms with Gasteiger partial charge in [0.25, 0.3) is 0 Å². The molecule has 0 bridgehead atoms. The summed E-state index contributed by atoms with van der Waals surface area (Å²) in [6, 6.07) is 9.53. The number of rotatable bonds is 4. The molecule has 0 N–H and O–H groups in total. The van der Waals surface area contributed by atoms with Crippen molar-refractivity contribution in [2.45, 2.75) is 12.8 Å². The van der Waals surface area contributed by atoms with E-state index < -0.39 is 4.44 Å². The van der Waals surface area contributed by atoms with Crippen molar-refractivity contribution >= 4 is 44.8 Å². The van der Waals surface area contributed by atoms with Crippen LogP contribution in [0, 0.1) is 0 Å². The largest absolute Gasteiger partial charge is 0.294 e. The molecule has 1 aromatic carbocycles. The van der Waals surface area contributed by atoms with Gasteiger partial charge < -0.3 is 0 Å². The molecule has 92 valence electrons. The molecule has 0 atom stereocenters. The second-order valence-corrected chi connectivity index (χ2v) is 16.1. The van der Waals surface area contributed by atoms with Crippen molar-refractivity contribution in [2.24, 2.45) is 0 Å². The van der Waals surface area contributed by atoms with E-state index in [0.29, 0.717) is 6.42 Å². The minimum Gasteiger partial charge on any atom is -0.294 e. The standard InChI is InChI=1S/C12H15OPS3/c13-12(11-5-2-1-3-6-11)7-8-14(15)16-9-4-10-17-14/h1-3,5-6H,4,7-10H2. The fourth-order valence-electron chi connectivity index (χ4n) is 1.64. The minimum absolute atomic E-state index is 0.238. The first-order chi connectivity index (χ1) is 8.20. The summed E-state index contributed by atoms with van der Waals surface area (Å²) in [6.45, 7) is 0. The molecular weight excluding hydrogens is 287 g/mol.